The third-order valence-corrected chi connectivity index (χ3v) is 6.84. The van der Waals surface area contributed by atoms with Gasteiger partial charge in [0.05, 0.1) is 31.1 Å². The van der Waals surface area contributed by atoms with E-state index in [4.69, 9.17) is 25.9 Å². The number of rotatable bonds is 6. The van der Waals surface area contributed by atoms with Crippen molar-refractivity contribution in [2.45, 2.75) is 13.5 Å². The Hall–Kier alpha value is -2.45. The van der Waals surface area contributed by atoms with E-state index >= 15 is 0 Å². The largest absolute Gasteiger partial charge is 0.496 e. The lowest BCUT2D eigenvalue weighted by Crippen LogP contribution is -2.35. The monoisotopic (exact) mass is 458 g/mol. The molecule has 8 heteroatoms. The first-order valence-electron chi connectivity index (χ1n) is 9.97. The first-order chi connectivity index (χ1) is 15.1. The molecular formula is C23H23ClN2O4S. The van der Waals surface area contributed by atoms with Gasteiger partial charge in [0.25, 0.3) is 0 Å². The van der Waals surface area contributed by atoms with Crippen molar-refractivity contribution in [1.29, 1.82) is 0 Å². The molecule has 0 aliphatic carbocycles. The fourth-order valence-electron chi connectivity index (χ4n) is 3.48. The minimum absolute atomic E-state index is 0.349. The van der Waals surface area contributed by atoms with Crippen LogP contribution in [0.3, 0.4) is 0 Å². The Morgan fingerprint density at radius 3 is 2.74 bits per heavy atom. The maximum absolute atomic E-state index is 12.6. The van der Waals surface area contributed by atoms with Crippen LogP contribution in [-0.2, 0) is 16.1 Å². The molecule has 0 radical (unpaired) electrons. The predicted octanol–water partition coefficient (Wildman–Crippen LogP) is 4.98. The van der Waals surface area contributed by atoms with Gasteiger partial charge >= 0.3 is 5.97 Å². The van der Waals surface area contributed by atoms with E-state index in [0.717, 1.165) is 59.8 Å². The number of oxime groups is 1. The van der Waals surface area contributed by atoms with Crippen molar-refractivity contribution < 1.29 is 19.1 Å². The molecular weight excluding hydrogens is 436 g/mol. The van der Waals surface area contributed by atoms with E-state index in [1.165, 1.54) is 11.3 Å². The average molecular weight is 459 g/mol. The van der Waals surface area contributed by atoms with Gasteiger partial charge in [-0.15, -0.1) is 11.3 Å². The zero-order valence-corrected chi connectivity index (χ0v) is 19.0. The van der Waals surface area contributed by atoms with Gasteiger partial charge in [0.1, 0.15) is 10.6 Å². The van der Waals surface area contributed by atoms with Gasteiger partial charge in [0.15, 0.2) is 0 Å². The molecule has 2 aromatic carbocycles. The van der Waals surface area contributed by atoms with Crippen LogP contribution < -0.4 is 4.74 Å². The number of halogens is 1. The van der Waals surface area contributed by atoms with E-state index in [0.29, 0.717) is 15.6 Å². The topological polar surface area (TPSA) is 60.4 Å². The van der Waals surface area contributed by atoms with Crippen molar-refractivity contribution >= 4 is 44.7 Å². The summed E-state index contributed by atoms with van der Waals surface area (Å²) >= 11 is 7.66. The Kier molecular flexibility index (Phi) is 6.87. The highest BCUT2D eigenvalue weighted by molar-refractivity contribution is 7.21. The van der Waals surface area contributed by atoms with Gasteiger partial charge in [0, 0.05) is 35.3 Å². The maximum atomic E-state index is 12.6. The summed E-state index contributed by atoms with van der Waals surface area (Å²) in [6, 6.07) is 13.4. The van der Waals surface area contributed by atoms with Crippen molar-refractivity contribution in [2.24, 2.45) is 5.16 Å². The molecule has 0 atom stereocenters. The highest BCUT2D eigenvalue weighted by Gasteiger charge is 2.19. The van der Waals surface area contributed by atoms with Crippen LogP contribution >= 0.6 is 22.9 Å². The number of carbonyl (C=O) groups excluding carboxylic acids is 1. The lowest BCUT2D eigenvalue weighted by molar-refractivity contribution is 0.0339. The second-order valence-electron chi connectivity index (χ2n) is 7.21. The molecule has 2 heterocycles. The molecule has 1 saturated heterocycles. The molecule has 1 aliphatic rings. The number of hydrogen-bond donors (Lipinski definition) is 0. The number of fused-ring (bicyclic) bond motifs is 1. The lowest BCUT2D eigenvalue weighted by Gasteiger charge is -2.27. The molecule has 0 bridgehead atoms. The summed E-state index contributed by atoms with van der Waals surface area (Å²) in [5.41, 5.74) is 2.51. The minimum Gasteiger partial charge on any atom is -0.496 e. The van der Waals surface area contributed by atoms with Gasteiger partial charge in [0.2, 0.25) is 0 Å². The Morgan fingerprint density at radius 2 is 2.00 bits per heavy atom. The molecule has 162 valence electrons. The SMILES string of the molecule is COc1ccc(/C(C)=N/OC(=O)c2sc3ccccc3c2Cl)cc1CN1CCOCC1. The van der Waals surface area contributed by atoms with Crippen LogP contribution in [0.15, 0.2) is 47.6 Å². The first-order valence-corrected chi connectivity index (χ1v) is 11.2. The maximum Gasteiger partial charge on any atom is 0.377 e. The Bertz CT molecular complexity index is 1120. The van der Waals surface area contributed by atoms with E-state index in [-0.39, 0.29) is 0 Å². The molecule has 1 aliphatic heterocycles. The molecule has 0 amide bonds. The zero-order valence-electron chi connectivity index (χ0n) is 17.4. The van der Waals surface area contributed by atoms with Gasteiger partial charge < -0.3 is 14.3 Å². The average Bonchev–Trinajstić information content (AvgIpc) is 3.14. The summed E-state index contributed by atoms with van der Waals surface area (Å²) in [5.74, 6) is 0.254. The number of thiophene rings is 1. The zero-order chi connectivity index (χ0) is 21.8. The predicted molar refractivity (Wildman–Crippen MR) is 124 cm³/mol. The Morgan fingerprint density at radius 1 is 1.23 bits per heavy atom. The summed E-state index contributed by atoms with van der Waals surface area (Å²) < 4.78 is 11.9. The first kappa shape index (κ1) is 21.8. The van der Waals surface area contributed by atoms with Crippen LogP contribution in [0, 0.1) is 0 Å². The number of benzene rings is 2. The number of hydrogen-bond acceptors (Lipinski definition) is 7. The van der Waals surface area contributed by atoms with E-state index in [1.807, 2.05) is 42.5 Å². The van der Waals surface area contributed by atoms with Crippen molar-refractivity contribution in [2.75, 3.05) is 33.4 Å². The highest BCUT2D eigenvalue weighted by Crippen LogP contribution is 2.35. The molecule has 1 aromatic heterocycles. The number of ether oxygens (including phenoxy) is 2. The number of morpholine rings is 1. The van der Waals surface area contributed by atoms with Crippen molar-refractivity contribution in [3.05, 3.63) is 63.5 Å². The molecule has 31 heavy (non-hydrogen) atoms. The molecule has 0 unspecified atom stereocenters. The molecule has 0 saturated carbocycles. The van der Waals surface area contributed by atoms with Gasteiger partial charge in [-0.1, -0.05) is 35.0 Å². The standard InChI is InChI=1S/C23H23ClN2O4S/c1-15(25-30-23(27)22-21(24)18-5-3-4-6-20(18)31-22)16-7-8-19(28-2)17(13-16)14-26-9-11-29-12-10-26/h3-8,13H,9-12,14H2,1-2H3/b25-15+. The van der Waals surface area contributed by atoms with Gasteiger partial charge in [-0.3, -0.25) is 4.90 Å². The fourth-order valence-corrected chi connectivity index (χ4v) is 4.86. The smallest absolute Gasteiger partial charge is 0.377 e. The number of nitrogens with zero attached hydrogens (tertiary/aromatic N) is 2. The van der Waals surface area contributed by atoms with Gasteiger partial charge in [-0.2, -0.15) is 0 Å². The van der Waals surface area contributed by atoms with Gasteiger partial charge in [-0.05, 0) is 36.8 Å². The van der Waals surface area contributed by atoms with Crippen LogP contribution in [0.4, 0.5) is 0 Å². The van der Waals surface area contributed by atoms with Crippen LogP contribution in [0.2, 0.25) is 5.02 Å². The molecule has 4 rings (SSSR count). The third-order valence-electron chi connectivity index (χ3n) is 5.18. The van der Waals surface area contributed by atoms with E-state index in [9.17, 15) is 4.79 Å². The summed E-state index contributed by atoms with van der Waals surface area (Å²) in [6.45, 7) is 5.80. The Balaban J connectivity index is 1.51. The second kappa shape index (κ2) is 9.78. The van der Waals surface area contributed by atoms with Crippen molar-refractivity contribution in [3.8, 4) is 5.75 Å². The Labute approximate surface area is 190 Å². The second-order valence-corrected chi connectivity index (χ2v) is 8.64. The molecule has 1 fully saturated rings. The summed E-state index contributed by atoms with van der Waals surface area (Å²) in [6.07, 6.45) is 0. The van der Waals surface area contributed by atoms with Crippen LogP contribution in [-0.4, -0.2) is 50.0 Å². The van der Waals surface area contributed by atoms with Crippen molar-refractivity contribution in [3.63, 3.8) is 0 Å². The summed E-state index contributed by atoms with van der Waals surface area (Å²) in [7, 11) is 1.66. The van der Waals surface area contributed by atoms with Crippen molar-refractivity contribution in [1.82, 2.24) is 4.90 Å². The number of carbonyl (C=O) groups is 1. The van der Waals surface area contributed by atoms with Crippen LogP contribution in [0.25, 0.3) is 10.1 Å². The molecule has 3 aromatic rings. The summed E-state index contributed by atoms with van der Waals surface area (Å²) in [4.78, 5) is 20.4. The van der Waals surface area contributed by atoms with E-state index in [1.54, 1.807) is 14.0 Å². The molecule has 0 spiro atoms. The number of methoxy groups -OCH3 is 1. The molecule has 6 nitrogen and oxygen atoms in total. The normalized spacial score (nSPS) is 15.3. The van der Waals surface area contributed by atoms with E-state index < -0.39 is 5.97 Å². The highest BCUT2D eigenvalue weighted by atomic mass is 35.5. The minimum atomic E-state index is -0.562. The third kappa shape index (κ3) is 4.91. The quantitative estimate of drug-likeness (QED) is 0.296. The lowest BCUT2D eigenvalue weighted by atomic mass is 10.1. The van der Waals surface area contributed by atoms with Gasteiger partial charge in [-0.25, -0.2) is 4.79 Å². The van der Waals surface area contributed by atoms with Crippen LogP contribution in [0.1, 0.15) is 27.7 Å². The van der Waals surface area contributed by atoms with E-state index in [2.05, 4.69) is 10.1 Å². The van der Waals surface area contributed by atoms with Crippen LogP contribution in [0.5, 0.6) is 5.75 Å². The fraction of sp³-hybridized carbons (Fsp3) is 0.304. The summed E-state index contributed by atoms with van der Waals surface area (Å²) in [5, 5.41) is 5.30. The molecule has 0 N–H and O–H groups in total.